The molecule has 3 aromatic carbocycles. The molecule has 0 aliphatic heterocycles. The van der Waals surface area contributed by atoms with Crippen LogP contribution in [0.1, 0.15) is 64.9 Å². The van der Waals surface area contributed by atoms with Crippen molar-refractivity contribution in [1.29, 1.82) is 0 Å². The van der Waals surface area contributed by atoms with Gasteiger partial charge in [0.25, 0.3) is 0 Å². The second-order valence-electron chi connectivity index (χ2n) is 10.7. The lowest BCUT2D eigenvalue weighted by atomic mass is 10.1. The Morgan fingerprint density at radius 3 is 1.28 bits per heavy atom. The molecule has 15 heteroatoms. The SMILES string of the molecule is C=Cc1ccc(OB(Oc2c(F)c(F)c(F)c(F)c2F)Oc2c(F)c(F)c(F)c(F)c2F)c([N+](CCCC)(CCCC)CCCC)c1. The first-order chi connectivity index (χ1) is 22.3. The molecule has 0 amide bonds. The van der Waals surface area contributed by atoms with Crippen LogP contribution in [0.4, 0.5) is 49.6 Å². The van der Waals surface area contributed by atoms with Crippen molar-refractivity contribution in [3.63, 3.8) is 0 Å². The van der Waals surface area contributed by atoms with E-state index in [9.17, 15) is 43.9 Å². The lowest BCUT2D eigenvalue weighted by molar-refractivity contribution is 0.240. The van der Waals surface area contributed by atoms with Gasteiger partial charge in [0.2, 0.25) is 58.2 Å². The number of benzene rings is 3. The van der Waals surface area contributed by atoms with Gasteiger partial charge in [0.05, 0.1) is 19.6 Å². The van der Waals surface area contributed by atoms with Gasteiger partial charge < -0.3 is 14.0 Å². The molecule has 0 saturated heterocycles. The minimum atomic E-state index is -2.87. The molecule has 47 heavy (non-hydrogen) atoms. The molecule has 0 radical (unpaired) electrons. The molecule has 0 saturated carbocycles. The molecular formula is C32H33BF10NO3+. The molecule has 4 nitrogen and oxygen atoms in total. The standard InChI is InChI=1S/C32H33BF10NO3/c1-5-9-14-44(15-10-6-2,16-11-7-3)19-17-18(8-4)12-13-20(19)45-33(46-31-27(40)23(36)21(34)24(37)28(31)41)47-32-29(42)25(38)22(35)26(39)30(32)43/h8,12-13,17H,4-7,9-11,14-16H2,1-3H3/q+1. The summed E-state index contributed by atoms with van der Waals surface area (Å²) in [5.74, 6) is -29.1. The van der Waals surface area contributed by atoms with Gasteiger partial charge in [0, 0.05) is 6.07 Å². The molecule has 3 rings (SSSR count). The third kappa shape index (κ3) is 7.99. The molecular weight excluding hydrogens is 647 g/mol. The Hall–Kier alpha value is -3.88. The van der Waals surface area contributed by atoms with E-state index in [2.05, 4.69) is 6.58 Å². The molecule has 0 aliphatic rings. The normalized spacial score (nSPS) is 11.5. The smallest absolute Gasteiger partial charge is 0.484 e. The van der Waals surface area contributed by atoms with E-state index in [-0.39, 0.29) is 10.2 Å². The maximum atomic E-state index is 14.7. The van der Waals surface area contributed by atoms with E-state index in [4.69, 9.17) is 14.0 Å². The summed E-state index contributed by atoms with van der Waals surface area (Å²) < 4.78 is 158. The number of hydrogen-bond acceptors (Lipinski definition) is 3. The second-order valence-corrected chi connectivity index (χ2v) is 10.7. The zero-order valence-corrected chi connectivity index (χ0v) is 25.9. The third-order valence-corrected chi connectivity index (χ3v) is 7.54. The fourth-order valence-corrected chi connectivity index (χ4v) is 4.96. The Morgan fingerprint density at radius 2 is 0.936 bits per heavy atom. The summed E-state index contributed by atoms with van der Waals surface area (Å²) in [5, 5.41) is 0. The van der Waals surface area contributed by atoms with Crippen molar-refractivity contribution in [2.45, 2.75) is 59.3 Å². The molecule has 0 aliphatic carbocycles. The van der Waals surface area contributed by atoms with Crippen LogP contribution in [0.5, 0.6) is 17.2 Å². The molecule has 0 N–H and O–H groups in total. The first-order valence-electron chi connectivity index (χ1n) is 14.9. The predicted octanol–water partition coefficient (Wildman–Crippen LogP) is 9.95. The van der Waals surface area contributed by atoms with Crippen LogP contribution in [0.3, 0.4) is 0 Å². The molecule has 3 aromatic rings. The maximum absolute atomic E-state index is 14.7. The lowest BCUT2D eigenvalue weighted by Gasteiger charge is -2.40. The zero-order valence-electron chi connectivity index (χ0n) is 25.9. The van der Waals surface area contributed by atoms with Crippen molar-refractivity contribution in [2.24, 2.45) is 0 Å². The lowest BCUT2D eigenvalue weighted by Crippen LogP contribution is -2.52. The Kier molecular flexibility index (Phi) is 13.0. The van der Waals surface area contributed by atoms with Gasteiger partial charge in [0.1, 0.15) is 0 Å². The van der Waals surface area contributed by atoms with Crippen LogP contribution in [0.15, 0.2) is 24.8 Å². The van der Waals surface area contributed by atoms with E-state index in [0.717, 1.165) is 38.5 Å². The van der Waals surface area contributed by atoms with Crippen molar-refractivity contribution in [3.8, 4) is 17.2 Å². The minimum Gasteiger partial charge on any atom is -0.484 e. The van der Waals surface area contributed by atoms with Crippen LogP contribution >= 0.6 is 0 Å². The van der Waals surface area contributed by atoms with Gasteiger partial charge in [-0.2, -0.15) is 17.6 Å². The van der Waals surface area contributed by atoms with E-state index >= 15 is 0 Å². The molecule has 256 valence electrons. The quantitative estimate of drug-likeness (QED) is 0.0467. The fourth-order valence-electron chi connectivity index (χ4n) is 4.96. The second kappa shape index (κ2) is 16.3. The van der Waals surface area contributed by atoms with Gasteiger partial charge in [-0.15, -0.1) is 0 Å². The molecule has 0 fully saturated rings. The van der Waals surface area contributed by atoms with Gasteiger partial charge in [-0.3, -0.25) is 4.48 Å². The van der Waals surface area contributed by atoms with Gasteiger partial charge in [-0.05, 0) is 30.9 Å². The molecule has 0 bridgehead atoms. The Bertz CT molecular complexity index is 1440. The highest BCUT2D eigenvalue weighted by Gasteiger charge is 2.42. The fraction of sp³-hybridized carbons (Fsp3) is 0.375. The van der Waals surface area contributed by atoms with Crippen LogP contribution in [-0.4, -0.2) is 27.0 Å². The topological polar surface area (TPSA) is 27.7 Å². The highest BCUT2D eigenvalue weighted by atomic mass is 19.2. The van der Waals surface area contributed by atoms with Crippen molar-refractivity contribution in [2.75, 3.05) is 19.6 Å². The van der Waals surface area contributed by atoms with Gasteiger partial charge >= 0.3 is 7.32 Å². The summed E-state index contributed by atoms with van der Waals surface area (Å²) in [6, 6.07) is 4.45. The maximum Gasteiger partial charge on any atom is 0.864 e. The van der Waals surface area contributed by atoms with Crippen LogP contribution < -0.4 is 18.4 Å². The summed E-state index contributed by atoms with van der Waals surface area (Å²) in [7, 11) is -2.87. The third-order valence-electron chi connectivity index (χ3n) is 7.54. The van der Waals surface area contributed by atoms with E-state index in [0.29, 0.717) is 30.9 Å². The first-order valence-corrected chi connectivity index (χ1v) is 14.9. The number of hydrogen-bond donors (Lipinski definition) is 0. The minimum absolute atomic E-state index is 0.198. The van der Waals surface area contributed by atoms with Crippen LogP contribution in [-0.2, 0) is 0 Å². The highest BCUT2D eigenvalue weighted by molar-refractivity contribution is 6.39. The number of rotatable bonds is 17. The van der Waals surface area contributed by atoms with Gasteiger partial charge in [-0.25, -0.2) is 26.3 Å². The van der Waals surface area contributed by atoms with Gasteiger partial charge in [-0.1, -0.05) is 58.8 Å². The molecule has 0 unspecified atom stereocenters. The average molecular weight is 680 g/mol. The predicted molar refractivity (Wildman–Crippen MR) is 158 cm³/mol. The summed E-state index contributed by atoms with van der Waals surface area (Å²) in [6.45, 7) is 11.3. The molecule has 0 atom stereocenters. The summed E-state index contributed by atoms with van der Waals surface area (Å²) >= 11 is 0. The Morgan fingerprint density at radius 1 is 0.574 bits per heavy atom. The van der Waals surface area contributed by atoms with Gasteiger partial charge in [0.15, 0.2) is 22.9 Å². The number of quaternary nitrogens is 1. The van der Waals surface area contributed by atoms with Crippen LogP contribution in [0.2, 0.25) is 0 Å². The van der Waals surface area contributed by atoms with Crippen molar-refractivity contribution >= 4 is 19.1 Å². The number of halogens is 10. The van der Waals surface area contributed by atoms with Crippen LogP contribution in [0, 0.1) is 58.2 Å². The van der Waals surface area contributed by atoms with Crippen molar-refractivity contribution in [3.05, 3.63) is 88.5 Å². The van der Waals surface area contributed by atoms with E-state index in [1.807, 2.05) is 20.8 Å². The average Bonchev–Trinajstić information content (AvgIpc) is 3.08. The monoisotopic (exact) mass is 680 g/mol. The van der Waals surface area contributed by atoms with Crippen molar-refractivity contribution in [1.82, 2.24) is 4.48 Å². The van der Waals surface area contributed by atoms with Crippen LogP contribution in [0.25, 0.3) is 6.08 Å². The first kappa shape index (κ1) is 37.6. The van der Waals surface area contributed by atoms with E-state index in [1.54, 1.807) is 6.07 Å². The summed E-state index contributed by atoms with van der Waals surface area (Å²) in [5.41, 5.74) is 0.988. The highest BCUT2D eigenvalue weighted by Crippen LogP contribution is 2.39. The summed E-state index contributed by atoms with van der Waals surface area (Å²) in [6.07, 6.45) is 6.01. The van der Waals surface area contributed by atoms with E-state index in [1.165, 1.54) is 18.2 Å². The Labute approximate surface area is 266 Å². The Balaban J connectivity index is 2.29. The van der Waals surface area contributed by atoms with E-state index < -0.39 is 77.0 Å². The molecule has 0 spiro atoms. The number of nitrogens with zero attached hydrogens (tertiary/aromatic N) is 1. The molecule has 0 aromatic heterocycles. The molecule has 0 heterocycles. The summed E-state index contributed by atoms with van der Waals surface area (Å²) in [4.78, 5) is 0. The van der Waals surface area contributed by atoms with Crippen molar-refractivity contribution < 1.29 is 57.9 Å². The number of unbranched alkanes of at least 4 members (excludes halogenated alkanes) is 3. The zero-order chi connectivity index (χ0) is 35.1. The largest absolute Gasteiger partial charge is 0.864 e.